The Morgan fingerprint density at radius 1 is 1.47 bits per heavy atom. The highest BCUT2D eigenvalue weighted by Gasteiger charge is 2.24. The molecule has 19 heavy (non-hydrogen) atoms. The molecule has 0 bridgehead atoms. The van der Waals surface area contributed by atoms with Gasteiger partial charge in [-0.25, -0.2) is 4.79 Å². The summed E-state index contributed by atoms with van der Waals surface area (Å²) < 4.78 is 7.53. The summed E-state index contributed by atoms with van der Waals surface area (Å²) in [6.07, 6.45) is 2.46. The molecule has 1 N–H and O–H groups in total. The third-order valence-corrected chi connectivity index (χ3v) is 3.56. The zero-order chi connectivity index (χ0) is 13.4. The molecule has 1 aromatic heterocycles. The van der Waals surface area contributed by atoms with E-state index in [1.807, 2.05) is 18.2 Å². The van der Waals surface area contributed by atoms with Crippen LogP contribution in [0.4, 0.5) is 0 Å². The Hall–Kier alpha value is -1.88. The molecular formula is C14H16N2O3. The first-order valence-corrected chi connectivity index (χ1v) is 6.49. The molecule has 5 heteroatoms. The summed E-state index contributed by atoms with van der Waals surface area (Å²) in [5, 5.41) is 14.1. The number of benzene rings is 1. The van der Waals surface area contributed by atoms with E-state index in [0.717, 1.165) is 18.4 Å². The SMILES string of the molecule is CC1CCC(Cn2nc(C(=O)O)c3ccccc32)O1. The van der Waals surface area contributed by atoms with E-state index < -0.39 is 5.97 Å². The van der Waals surface area contributed by atoms with Crippen LogP contribution < -0.4 is 0 Å². The average molecular weight is 260 g/mol. The highest BCUT2D eigenvalue weighted by molar-refractivity contribution is 6.01. The lowest BCUT2D eigenvalue weighted by atomic mass is 10.2. The van der Waals surface area contributed by atoms with Crippen molar-refractivity contribution in [3.8, 4) is 0 Å². The van der Waals surface area contributed by atoms with Crippen LogP contribution in [-0.2, 0) is 11.3 Å². The molecule has 2 aromatic rings. The summed E-state index contributed by atoms with van der Waals surface area (Å²) >= 11 is 0. The third-order valence-electron chi connectivity index (χ3n) is 3.56. The van der Waals surface area contributed by atoms with Gasteiger partial charge in [-0.3, -0.25) is 4.68 Å². The molecule has 0 amide bonds. The molecule has 1 aromatic carbocycles. The minimum atomic E-state index is -0.990. The summed E-state index contributed by atoms with van der Waals surface area (Å²) in [6.45, 7) is 2.67. The fraction of sp³-hybridized carbons (Fsp3) is 0.429. The molecule has 0 saturated carbocycles. The van der Waals surface area contributed by atoms with E-state index in [1.165, 1.54) is 0 Å². The van der Waals surface area contributed by atoms with Gasteiger partial charge in [-0.05, 0) is 25.8 Å². The second kappa shape index (κ2) is 4.66. The first-order chi connectivity index (χ1) is 9.15. The lowest BCUT2D eigenvalue weighted by Crippen LogP contribution is -2.17. The summed E-state index contributed by atoms with van der Waals surface area (Å²) in [4.78, 5) is 11.2. The fourth-order valence-electron chi connectivity index (χ4n) is 2.64. The molecular weight excluding hydrogens is 244 g/mol. The molecule has 2 unspecified atom stereocenters. The van der Waals surface area contributed by atoms with Gasteiger partial charge in [0.1, 0.15) is 0 Å². The highest BCUT2D eigenvalue weighted by Crippen LogP contribution is 2.23. The summed E-state index contributed by atoms with van der Waals surface area (Å²) in [7, 11) is 0. The quantitative estimate of drug-likeness (QED) is 0.919. The Labute approximate surface area is 110 Å². The topological polar surface area (TPSA) is 64.4 Å². The number of aromatic nitrogens is 2. The second-order valence-electron chi connectivity index (χ2n) is 5.00. The van der Waals surface area contributed by atoms with Crippen LogP contribution in [0.3, 0.4) is 0 Å². The second-order valence-corrected chi connectivity index (χ2v) is 5.00. The van der Waals surface area contributed by atoms with Crippen LogP contribution in [0.15, 0.2) is 24.3 Å². The molecule has 1 aliphatic heterocycles. The maximum absolute atomic E-state index is 11.2. The van der Waals surface area contributed by atoms with Crippen molar-refractivity contribution in [2.24, 2.45) is 0 Å². The van der Waals surface area contributed by atoms with E-state index in [0.29, 0.717) is 11.9 Å². The van der Waals surface area contributed by atoms with Gasteiger partial charge in [0.15, 0.2) is 5.69 Å². The van der Waals surface area contributed by atoms with Crippen molar-refractivity contribution in [3.05, 3.63) is 30.0 Å². The highest BCUT2D eigenvalue weighted by atomic mass is 16.5. The van der Waals surface area contributed by atoms with E-state index in [1.54, 1.807) is 10.7 Å². The molecule has 3 rings (SSSR count). The first kappa shape index (κ1) is 12.2. The van der Waals surface area contributed by atoms with Gasteiger partial charge >= 0.3 is 5.97 Å². The van der Waals surface area contributed by atoms with Gasteiger partial charge < -0.3 is 9.84 Å². The van der Waals surface area contributed by atoms with Crippen LogP contribution >= 0.6 is 0 Å². The number of aromatic carboxylic acids is 1. The summed E-state index contributed by atoms with van der Waals surface area (Å²) in [6, 6.07) is 7.41. The predicted molar refractivity (Wildman–Crippen MR) is 70.3 cm³/mol. The number of carboxylic acids is 1. The van der Waals surface area contributed by atoms with Crippen molar-refractivity contribution >= 4 is 16.9 Å². The van der Waals surface area contributed by atoms with Crippen LogP contribution in [0.25, 0.3) is 10.9 Å². The van der Waals surface area contributed by atoms with E-state index in [2.05, 4.69) is 12.0 Å². The maximum Gasteiger partial charge on any atom is 0.357 e. The first-order valence-electron chi connectivity index (χ1n) is 6.49. The van der Waals surface area contributed by atoms with E-state index in [4.69, 9.17) is 4.74 Å². The number of para-hydroxylation sites is 1. The van der Waals surface area contributed by atoms with Crippen molar-refractivity contribution in [1.29, 1.82) is 0 Å². The van der Waals surface area contributed by atoms with Gasteiger partial charge in [0.05, 0.1) is 24.3 Å². The van der Waals surface area contributed by atoms with Gasteiger partial charge in [-0.15, -0.1) is 0 Å². The third kappa shape index (κ3) is 2.21. The van der Waals surface area contributed by atoms with Crippen LogP contribution in [0.2, 0.25) is 0 Å². The lowest BCUT2D eigenvalue weighted by molar-refractivity contribution is 0.0441. The minimum Gasteiger partial charge on any atom is -0.476 e. The minimum absolute atomic E-state index is 0.113. The molecule has 0 aliphatic carbocycles. The molecule has 0 radical (unpaired) electrons. The Kier molecular flexibility index (Phi) is 2.98. The lowest BCUT2D eigenvalue weighted by Gasteiger charge is -2.11. The maximum atomic E-state index is 11.2. The molecule has 0 spiro atoms. The zero-order valence-corrected chi connectivity index (χ0v) is 10.7. The number of nitrogens with zero attached hydrogens (tertiary/aromatic N) is 2. The van der Waals surface area contributed by atoms with Crippen molar-refractivity contribution < 1.29 is 14.6 Å². The number of hydrogen-bond donors (Lipinski definition) is 1. The van der Waals surface area contributed by atoms with Gasteiger partial charge in [0.25, 0.3) is 0 Å². The fourth-order valence-corrected chi connectivity index (χ4v) is 2.64. The molecule has 2 heterocycles. The summed E-state index contributed by atoms with van der Waals surface area (Å²) in [5.41, 5.74) is 0.963. The van der Waals surface area contributed by atoms with Crippen LogP contribution in [-0.4, -0.2) is 33.1 Å². The largest absolute Gasteiger partial charge is 0.476 e. The predicted octanol–water partition coefficient (Wildman–Crippen LogP) is 2.30. The molecule has 2 atom stereocenters. The molecule has 1 fully saturated rings. The van der Waals surface area contributed by atoms with Gasteiger partial charge in [0, 0.05) is 5.39 Å². The van der Waals surface area contributed by atoms with Gasteiger partial charge in [-0.1, -0.05) is 18.2 Å². The number of carboxylic acid groups (broad SMARTS) is 1. The number of ether oxygens (including phenoxy) is 1. The van der Waals surface area contributed by atoms with Crippen LogP contribution in [0, 0.1) is 0 Å². The van der Waals surface area contributed by atoms with E-state index >= 15 is 0 Å². The monoisotopic (exact) mass is 260 g/mol. The number of carbonyl (C=O) groups is 1. The molecule has 5 nitrogen and oxygen atoms in total. The smallest absolute Gasteiger partial charge is 0.357 e. The van der Waals surface area contributed by atoms with Crippen molar-refractivity contribution in [1.82, 2.24) is 9.78 Å². The van der Waals surface area contributed by atoms with Crippen LogP contribution in [0.1, 0.15) is 30.3 Å². The Balaban J connectivity index is 1.97. The van der Waals surface area contributed by atoms with Crippen LogP contribution in [0.5, 0.6) is 0 Å². The standard InChI is InChI=1S/C14H16N2O3/c1-9-6-7-10(19-9)8-16-12-5-3-2-4-11(12)13(15-16)14(17)18/h2-5,9-10H,6-8H2,1H3,(H,17,18). The number of fused-ring (bicyclic) bond motifs is 1. The Morgan fingerprint density at radius 2 is 2.26 bits per heavy atom. The Bertz CT molecular complexity index is 620. The van der Waals surface area contributed by atoms with Crippen molar-refractivity contribution in [3.63, 3.8) is 0 Å². The molecule has 1 aliphatic rings. The van der Waals surface area contributed by atoms with E-state index in [-0.39, 0.29) is 17.9 Å². The van der Waals surface area contributed by atoms with Gasteiger partial charge in [-0.2, -0.15) is 5.10 Å². The number of rotatable bonds is 3. The molecule has 1 saturated heterocycles. The summed E-state index contributed by atoms with van der Waals surface area (Å²) in [5.74, 6) is -0.990. The number of hydrogen-bond acceptors (Lipinski definition) is 3. The van der Waals surface area contributed by atoms with Gasteiger partial charge in [0.2, 0.25) is 0 Å². The molecule has 100 valence electrons. The van der Waals surface area contributed by atoms with Crippen molar-refractivity contribution in [2.75, 3.05) is 0 Å². The normalized spacial score (nSPS) is 23.0. The Morgan fingerprint density at radius 3 is 2.95 bits per heavy atom. The van der Waals surface area contributed by atoms with Crippen molar-refractivity contribution in [2.45, 2.75) is 38.5 Å². The zero-order valence-electron chi connectivity index (χ0n) is 10.7. The average Bonchev–Trinajstić information content (AvgIpc) is 2.95. The van der Waals surface area contributed by atoms with E-state index in [9.17, 15) is 9.90 Å².